The zero-order chi connectivity index (χ0) is 19.8. The molecule has 0 saturated heterocycles. The number of aryl methyl sites for hydroxylation is 1. The van der Waals surface area contributed by atoms with Crippen LogP contribution >= 0.6 is 11.8 Å². The number of hydrogen-bond acceptors (Lipinski definition) is 4. The van der Waals surface area contributed by atoms with Gasteiger partial charge < -0.3 is 10.6 Å². The number of hydrogen-bond donors (Lipinski definition) is 2. The molecule has 5 nitrogen and oxygen atoms in total. The van der Waals surface area contributed by atoms with Crippen LogP contribution in [0.15, 0.2) is 78.0 Å². The maximum atomic E-state index is 12.2. The summed E-state index contributed by atoms with van der Waals surface area (Å²) in [5.74, 6) is 0.140. The maximum Gasteiger partial charge on any atom is 0.255 e. The highest BCUT2D eigenvalue weighted by Gasteiger charge is 2.07. The van der Waals surface area contributed by atoms with Gasteiger partial charge in [0.2, 0.25) is 5.91 Å². The Morgan fingerprint density at radius 1 is 1.00 bits per heavy atom. The highest BCUT2D eigenvalue weighted by Crippen LogP contribution is 2.21. The van der Waals surface area contributed by atoms with E-state index in [4.69, 9.17) is 0 Å². The Kier molecular flexibility index (Phi) is 6.81. The molecule has 3 aromatic rings. The maximum absolute atomic E-state index is 12.2. The molecule has 0 aliphatic heterocycles. The first kappa shape index (κ1) is 19.6. The van der Waals surface area contributed by atoms with Crippen LogP contribution in [-0.2, 0) is 11.3 Å². The third kappa shape index (κ3) is 5.69. The standard InChI is InChI=1S/C22H21N3O2S/c1-16-5-2-3-8-20(16)28-15-21(26)24-14-17-6-4-7-19(13-17)25-22(27)18-9-11-23-12-10-18/h2-13H,14-15H2,1H3,(H,24,26)(H,25,27). The van der Waals surface area contributed by atoms with E-state index in [-0.39, 0.29) is 11.8 Å². The molecule has 0 bridgehead atoms. The van der Waals surface area contributed by atoms with E-state index < -0.39 is 0 Å². The highest BCUT2D eigenvalue weighted by atomic mass is 32.2. The number of thioether (sulfide) groups is 1. The van der Waals surface area contributed by atoms with E-state index in [2.05, 4.69) is 15.6 Å². The lowest BCUT2D eigenvalue weighted by molar-refractivity contribution is -0.118. The molecule has 6 heteroatoms. The molecule has 1 heterocycles. The van der Waals surface area contributed by atoms with Gasteiger partial charge in [0, 0.05) is 35.1 Å². The second-order valence-corrected chi connectivity index (χ2v) is 7.24. The SMILES string of the molecule is Cc1ccccc1SCC(=O)NCc1cccc(NC(=O)c2ccncc2)c1. The van der Waals surface area contributed by atoms with Crippen LogP contribution in [0.1, 0.15) is 21.5 Å². The summed E-state index contributed by atoms with van der Waals surface area (Å²) in [5.41, 5.74) is 3.31. The number of amides is 2. The molecule has 2 N–H and O–H groups in total. The predicted molar refractivity (Wildman–Crippen MR) is 112 cm³/mol. The van der Waals surface area contributed by atoms with Crippen LogP contribution in [0.25, 0.3) is 0 Å². The summed E-state index contributed by atoms with van der Waals surface area (Å²) in [6, 6.07) is 18.8. The van der Waals surface area contributed by atoms with Crippen molar-refractivity contribution in [3.8, 4) is 0 Å². The second kappa shape index (κ2) is 9.71. The minimum atomic E-state index is -0.196. The number of aromatic nitrogens is 1. The summed E-state index contributed by atoms with van der Waals surface area (Å²) in [6.45, 7) is 2.44. The zero-order valence-electron chi connectivity index (χ0n) is 15.5. The van der Waals surface area contributed by atoms with Gasteiger partial charge >= 0.3 is 0 Å². The van der Waals surface area contributed by atoms with Crippen LogP contribution in [0, 0.1) is 6.92 Å². The molecule has 0 aliphatic carbocycles. The van der Waals surface area contributed by atoms with Crippen molar-refractivity contribution < 1.29 is 9.59 Å². The summed E-state index contributed by atoms with van der Waals surface area (Å²) in [7, 11) is 0. The van der Waals surface area contributed by atoms with Crippen molar-refractivity contribution in [1.29, 1.82) is 0 Å². The van der Waals surface area contributed by atoms with Gasteiger partial charge in [0.1, 0.15) is 0 Å². The Morgan fingerprint density at radius 2 is 1.79 bits per heavy atom. The highest BCUT2D eigenvalue weighted by molar-refractivity contribution is 8.00. The van der Waals surface area contributed by atoms with Gasteiger partial charge in [-0.1, -0.05) is 30.3 Å². The molecule has 2 aromatic carbocycles. The van der Waals surface area contributed by atoms with Crippen molar-refractivity contribution in [2.24, 2.45) is 0 Å². The Hall–Kier alpha value is -3.12. The third-order valence-corrected chi connectivity index (χ3v) is 5.24. The van der Waals surface area contributed by atoms with Gasteiger partial charge in [0.15, 0.2) is 0 Å². The van der Waals surface area contributed by atoms with E-state index in [0.717, 1.165) is 16.0 Å². The molecule has 1 aromatic heterocycles. The number of nitrogens with zero attached hydrogens (tertiary/aromatic N) is 1. The smallest absolute Gasteiger partial charge is 0.255 e. The van der Waals surface area contributed by atoms with Gasteiger partial charge in [-0.05, 0) is 48.4 Å². The molecular weight excluding hydrogens is 370 g/mol. The van der Waals surface area contributed by atoms with Crippen molar-refractivity contribution in [2.75, 3.05) is 11.1 Å². The lowest BCUT2D eigenvalue weighted by Crippen LogP contribution is -2.24. The van der Waals surface area contributed by atoms with E-state index in [1.807, 2.05) is 55.5 Å². The topological polar surface area (TPSA) is 71.1 Å². The Morgan fingerprint density at radius 3 is 2.57 bits per heavy atom. The summed E-state index contributed by atoms with van der Waals surface area (Å²) in [5, 5.41) is 5.78. The lowest BCUT2D eigenvalue weighted by Gasteiger charge is -2.09. The molecule has 0 aliphatic rings. The summed E-state index contributed by atoms with van der Waals surface area (Å²) >= 11 is 1.53. The minimum Gasteiger partial charge on any atom is -0.351 e. The van der Waals surface area contributed by atoms with Gasteiger partial charge in [-0.2, -0.15) is 0 Å². The molecule has 0 radical (unpaired) electrons. The number of pyridine rings is 1. The molecule has 0 atom stereocenters. The minimum absolute atomic E-state index is 0.0283. The van der Waals surface area contributed by atoms with E-state index in [9.17, 15) is 9.59 Å². The van der Waals surface area contributed by atoms with Crippen LogP contribution in [0.5, 0.6) is 0 Å². The monoisotopic (exact) mass is 391 g/mol. The first-order chi connectivity index (χ1) is 13.6. The van der Waals surface area contributed by atoms with Gasteiger partial charge in [-0.3, -0.25) is 14.6 Å². The van der Waals surface area contributed by atoms with Crippen LogP contribution in [0.2, 0.25) is 0 Å². The number of anilines is 1. The van der Waals surface area contributed by atoms with Gasteiger partial charge in [-0.15, -0.1) is 11.8 Å². The number of rotatable bonds is 7. The second-order valence-electron chi connectivity index (χ2n) is 6.22. The quantitative estimate of drug-likeness (QED) is 0.596. The van der Waals surface area contributed by atoms with Crippen molar-refractivity contribution in [2.45, 2.75) is 18.4 Å². The molecule has 142 valence electrons. The number of carbonyl (C=O) groups excluding carboxylic acids is 2. The van der Waals surface area contributed by atoms with E-state index in [1.54, 1.807) is 24.5 Å². The first-order valence-electron chi connectivity index (χ1n) is 8.87. The molecular formula is C22H21N3O2S. The third-order valence-electron chi connectivity index (χ3n) is 4.07. The summed E-state index contributed by atoms with van der Waals surface area (Å²) in [6.07, 6.45) is 3.16. The van der Waals surface area contributed by atoms with E-state index in [0.29, 0.717) is 23.5 Å². The number of benzene rings is 2. The Bertz CT molecular complexity index is 961. The first-order valence-corrected chi connectivity index (χ1v) is 9.86. The molecule has 28 heavy (non-hydrogen) atoms. The van der Waals surface area contributed by atoms with Crippen molar-refractivity contribution in [1.82, 2.24) is 10.3 Å². The molecule has 0 fully saturated rings. The fourth-order valence-corrected chi connectivity index (χ4v) is 3.44. The number of carbonyl (C=O) groups is 2. The number of nitrogens with one attached hydrogen (secondary N) is 2. The van der Waals surface area contributed by atoms with Crippen molar-refractivity contribution in [3.63, 3.8) is 0 Å². The van der Waals surface area contributed by atoms with E-state index >= 15 is 0 Å². The van der Waals surface area contributed by atoms with Crippen LogP contribution in [0.3, 0.4) is 0 Å². The fourth-order valence-electron chi connectivity index (χ4n) is 2.58. The molecule has 0 saturated carbocycles. The van der Waals surface area contributed by atoms with Crippen LogP contribution < -0.4 is 10.6 Å². The molecule has 0 unspecified atom stereocenters. The largest absolute Gasteiger partial charge is 0.351 e. The van der Waals surface area contributed by atoms with Crippen molar-refractivity contribution >= 4 is 29.3 Å². The van der Waals surface area contributed by atoms with Crippen LogP contribution in [0.4, 0.5) is 5.69 Å². The van der Waals surface area contributed by atoms with Gasteiger partial charge in [-0.25, -0.2) is 0 Å². The van der Waals surface area contributed by atoms with E-state index in [1.165, 1.54) is 11.8 Å². The predicted octanol–water partition coefficient (Wildman–Crippen LogP) is 4.05. The lowest BCUT2D eigenvalue weighted by atomic mass is 10.2. The summed E-state index contributed by atoms with van der Waals surface area (Å²) in [4.78, 5) is 29.4. The Labute approximate surface area is 168 Å². The average molecular weight is 391 g/mol. The van der Waals surface area contributed by atoms with Gasteiger partial charge in [0.05, 0.1) is 5.75 Å². The Balaban J connectivity index is 1.51. The summed E-state index contributed by atoms with van der Waals surface area (Å²) < 4.78 is 0. The normalized spacial score (nSPS) is 10.3. The van der Waals surface area contributed by atoms with Crippen LogP contribution in [-0.4, -0.2) is 22.6 Å². The van der Waals surface area contributed by atoms with Crippen molar-refractivity contribution in [3.05, 3.63) is 89.7 Å². The molecule has 2 amide bonds. The molecule has 0 spiro atoms. The molecule has 3 rings (SSSR count). The fraction of sp³-hybridized carbons (Fsp3) is 0.136. The zero-order valence-corrected chi connectivity index (χ0v) is 16.3. The van der Waals surface area contributed by atoms with Gasteiger partial charge in [0.25, 0.3) is 5.91 Å². The average Bonchev–Trinajstić information content (AvgIpc) is 2.72.